The number of rotatable bonds is 4. The topological polar surface area (TPSA) is 72.6 Å². The Bertz CT molecular complexity index is 374. The summed E-state index contributed by atoms with van der Waals surface area (Å²) in [6.45, 7) is -0.340. The molecule has 0 aliphatic heterocycles. The molecule has 0 saturated carbocycles. The van der Waals surface area contributed by atoms with Gasteiger partial charge in [-0.25, -0.2) is 0 Å². The molecule has 0 unspecified atom stereocenters. The SMILES string of the molecule is O=Cc1ccccc1N=CC[N+](=O)[O-]. The van der Waals surface area contributed by atoms with E-state index in [-0.39, 0.29) is 6.54 Å². The molecule has 1 rings (SSSR count). The highest BCUT2D eigenvalue weighted by molar-refractivity contribution is 5.84. The zero-order valence-corrected chi connectivity index (χ0v) is 7.29. The lowest BCUT2D eigenvalue weighted by Crippen LogP contribution is -2.00. The van der Waals surface area contributed by atoms with Crippen molar-refractivity contribution in [1.82, 2.24) is 0 Å². The molecule has 0 spiro atoms. The lowest BCUT2D eigenvalue weighted by molar-refractivity contribution is -0.462. The summed E-state index contributed by atoms with van der Waals surface area (Å²) in [5.41, 5.74) is 0.872. The molecule has 0 radical (unpaired) electrons. The van der Waals surface area contributed by atoms with Crippen molar-refractivity contribution in [3.8, 4) is 0 Å². The van der Waals surface area contributed by atoms with Crippen LogP contribution in [0.15, 0.2) is 29.3 Å². The van der Waals surface area contributed by atoms with Crippen LogP contribution in [0.2, 0.25) is 0 Å². The number of nitro groups is 1. The molecular weight excluding hydrogens is 184 g/mol. The highest BCUT2D eigenvalue weighted by atomic mass is 16.6. The van der Waals surface area contributed by atoms with Gasteiger partial charge < -0.3 is 0 Å². The molecule has 5 nitrogen and oxygen atoms in total. The predicted molar refractivity (Wildman–Crippen MR) is 51.8 cm³/mol. The van der Waals surface area contributed by atoms with Crippen molar-refractivity contribution in [2.24, 2.45) is 4.99 Å². The number of nitrogens with zero attached hydrogens (tertiary/aromatic N) is 2. The van der Waals surface area contributed by atoms with Gasteiger partial charge in [0.1, 0.15) is 0 Å². The second-order valence-electron chi connectivity index (χ2n) is 2.50. The summed E-state index contributed by atoms with van der Waals surface area (Å²) in [4.78, 5) is 23.8. The van der Waals surface area contributed by atoms with Gasteiger partial charge in [0.15, 0.2) is 6.29 Å². The molecule has 1 aromatic carbocycles. The molecule has 0 aliphatic rings. The number of benzene rings is 1. The van der Waals surface area contributed by atoms with E-state index >= 15 is 0 Å². The first-order chi connectivity index (χ1) is 6.74. The van der Waals surface area contributed by atoms with E-state index in [4.69, 9.17) is 0 Å². The Morgan fingerprint density at radius 2 is 2.14 bits per heavy atom. The summed E-state index contributed by atoms with van der Waals surface area (Å²) in [5, 5.41) is 9.99. The average molecular weight is 192 g/mol. The molecule has 0 N–H and O–H groups in total. The number of hydrogen-bond acceptors (Lipinski definition) is 4. The van der Waals surface area contributed by atoms with E-state index in [0.29, 0.717) is 17.5 Å². The van der Waals surface area contributed by atoms with Crippen molar-refractivity contribution in [2.75, 3.05) is 6.54 Å². The summed E-state index contributed by atoms with van der Waals surface area (Å²) in [6.07, 6.45) is 1.83. The fraction of sp³-hybridized carbons (Fsp3) is 0.111. The molecule has 0 aromatic heterocycles. The smallest absolute Gasteiger partial charge is 0.238 e. The van der Waals surface area contributed by atoms with Crippen LogP contribution in [-0.2, 0) is 0 Å². The average Bonchev–Trinajstić information content (AvgIpc) is 2.18. The van der Waals surface area contributed by atoms with Crippen molar-refractivity contribution < 1.29 is 9.72 Å². The van der Waals surface area contributed by atoms with Gasteiger partial charge in [0.2, 0.25) is 6.54 Å². The minimum atomic E-state index is -0.493. The van der Waals surface area contributed by atoms with Gasteiger partial charge in [-0.3, -0.25) is 19.9 Å². The summed E-state index contributed by atoms with van der Waals surface area (Å²) in [5.74, 6) is 0. The lowest BCUT2D eigenvalue weighted by Gasteiger charge is -1.95. The second kappa shape index (κ2) is 4.86. The van der Waals surface area contributed by atoms with Gasteiger partial charge in [0, 0.05) is 10.5 Å². The van der Waals surface area contributed by atoms with E-state index in [1.165, 1.54) is 6.21 Å². The zero-order chi connectivity index (χ0) is 10.4. The van der Waals surface area contributed by atoms with Gasteiger partial charge in [0.05, 0.1) is 11.9 Å². The molecule has 0 heterocycles. The first-order valence-corrected chi connectivity index (χ1v) is 3.92. The van der Waals surface area contributed by atoms with Crippen molar-refractivity contribution in [1.29, 1.82) is 0 Å². The van der Waals surface area contributed by atoms with Crippen LogP contribution in [0.25, 0.3) is 0 Å². The second-order valence-corrected chi connectivity index (χ2v) is 2.50. The highest BCUT2D eigenvalue weighted by Gasteiger charge is 1.97. The summed E-state index contributed by atoms with van der Waals surface area (Å²) in [6, 6.07) is 6.65. The van der Waals surface area contributed by atoms with Gasteiger partial charge in [-0.05, 0) is 12.1 Å². The van der Waals surface area contributed by atoms with Crippen molar-refractivity contribution >= 4 is 18.2 Å². The molecule has 0 saturated heterocycles. The first-order valence-electron chi connectivity index (χ1n) is 3.92. The van der Waals surface area contributed by atoms with E-state index in [2.05, 4.69) is 4.99 Å². The first kappa shape index (κ1) is 10.0. The van der Waals surface area contributed by atoms with E-state index in [1.807, 2.05) is 0 Å². The van der Waals surface area contributed by atoms with Gasteiger partial charge in [-0.2, -0.15) is 0 Å². The summed E-state index contributed by atoms with van der Waals surface area (Å²) < 4.78 is 0. The third-order valence-electron chi connectivity index (χ3n) is 1.52. The maximum Gasteiger partial charge on any atom is 0.238 e. The Morgan fingerprint density at radius 3 is 2.79 bits per heavy atom. The fourth-order valence-corrected chi connectivity index (χ4v) is 0.911. The van der Waals surface area contributed by atoms with E-state index in [1.54, 1.807) is 24.3 Å². The number of carbonyl (C=O) groups is 1. The van der Waals surface area contributed by atoms with Crippen LogP contribution in [-0.4, -0.2) is 24.0 Å². The Kier molecular flexibility index (Phi) is 3.49. The molecule has 0 bridgehead atoms. The van der Waals surface area contributed by atoms with E-state index in [0.717, 1.165) is 0 Å². The molecule has 0 aliphatic carbocycles. The molecule has 72 valence electrons. The zero-order valence-electron chi connectivity index (χ0n) is 7.29. The minimum absolute atomic E-state index is 0.340. The predicted octanol–water partition coefficient (Wildman–Crippen LogP) is 1.48. The van der Waals surface area contributed by atoms with Crippen LogP contribution in [0, 0.1) is 10.1 Å². The maximum absolute atomic E-state index is 10.5. The van der Waals surface area contributed by atoms with Crippen LogP contribution in [0.3, 0.4) is 0 Å². The largest absolute Gasteiger partial charge is 0.298 e. The third kappa shape index (κ3) is 2.78. The third-order valence-corrected chi connectivity index (χ3v) is 1.52. The minimum Gasteiger partial charge on any atom is -0.298 e. The Hall–Kier alpha value is -2.04. The standard InChI is InChI=1S/C9H8N2O3/c12-7-8-3-1-2-4-9(8)10-5-6-11(13)14/h1-5,7H,6H2. The highest BCUT2D eigenvalue weighted by Crippen LogP contribution is 2.15. The molecule has 0 fully saturated rings. The quantitative estimate of drug-likeness (QED) is 0.314. The molecule has 14 heavy (non-hydrogen) atoms. The monoisotopic (exact) mass is 192 g/mol. The molecular formula is C9H8N2O3. The fourth-order valence-electron chi connectivity index (χ4n) is 0.911. The molecule has 0 amide bonds. The maximum atomic E-state index is 10.5. The van der Waals surface area contributed by atoms with Crippen molar-refractivity contribution in [3.05, 3.63) is 39.9 Å². The number of carbonyl (C=O) groups excluding carboxylic acids is 1. The molecule has 0 atom stereocenters. The normalized spacial score (nSPS) is 10.3. The lowest BCUT2D eigenvalue weighted by atomic mass is 10.2. The van der Waals surface area contributed by atoms with Crippen LogP contribution >= 0.6 is 0 Å². The molecule has 5 heteroatoms. The van der Waals surface area contributed by atoms with Crippen LogP contribution in [0.5, 0.6) is 0 Å². The van der Waals surface area contributed by atoms with Crippen molar-refractivity contribution in [3.63, 3.8) is 0 Å². The van der Waals surface area contributed by atoms with Gasteiger partial charge >= 0.3 is 0 Å². The Balaban J connectivity index is 2.80. The number of aliphatic imine (C=N–C) groups is 1. The van der Waals surface area contributed by atoms with Gasteiger partial charge in [-0.15, -0.1) is 0 Å². The van der Waals surface area contributed by atoms with Gasteiger partial charge in [-0.1, -0.05) is 12.1 Å². The summed E-state index contributed by atoms with van der Waals surface area (Å²) >= 11 is 0. The number of para-hydroxylation sites is 1. The Labute approximate surface area is 80.2 Å². The Morgan fingerprint density at radius 1 is 1.43 bits per heavy atom. The van der Waals surface area contributed by atoms with Crippen LogP contribution < -0.4 is 0 Å². The van der Waals surface area contributed by atoms with E-state index < -0.39 is 4.92 Å². The van der Waals surface area contributed by atoms with Crippen molar-refractivity contribution in [2.45, 2.75) is 0 Å². The van der Waals surface area contributed by atoms with Gasteiger partial charge in [0.25, 0.3) is 0 Å². The van der Waals surface area contributed by atoms with Crippen LogP contribution in [0.1, 0.15) is 10.4 Å². The number of hydrogen-bond donors (Lipinski definition) is 0. The number of aldehydes is 1. The molecule has 1 aromatic rings. The summed E-state index contributed by atoms with van der Waals surface area (Å²) in [7, 11) is 0. The van der Waals surface area contributed by atoms with Crippen LogP contribution in [0.4, 0.5) is 5.69 Å². The van der Waals surface area contributed by atoms with E-state index in [9.17, 15) is 14.9 Å².